The Bertz CT molecular complexity index is 1840. The molecule has 3 saturated carbocycles. The van der Waals surface area contributed by atoms with Crippen molar-refractivity contribution < 1.29 is 33.2 Å². The number of aromatic nitrogens is 1. The third-order valence-corrected chi connectivity index (χ3v) is 11.9. The van der Waals surface area contributed by atoms with E-state index < -0.39 is 30.6 Å². The fourth-order valence-corrected chi connectivity index (χ4v) is 8.65. The molecule has 1 saturated heterocycles. The number of hydrogen-bond acceptors (Lipinski definition) is 7. The smallest absolute Gasteiger partial charge is 0.481 e. The Morgan fingerprint density at radius 2 is 1.51 bits per heavy atom. The minimum absolute atomic E-state index is 0.0227. The van der Waals surface area contributed by atoms with Gasteiger partial charge in [-0.3, -0.25) is 14.4 Å². The number of amides is 2. The van der Waals surface area contributed by atoms with Gasteiger partial charge in [0.05, 0.1) is 23.3 Å². The molecule has 1 aromatic heterocycles. The predicted octanol–water partition coefficient (Wildman–Crippen LogP) is 7.10. The van der Waals surface area contributed by atoms with Gasteiger partial charge in [0.1, 0.15) is 36.4 Å². The molecule has 1 aliphatic heterocycles. The van der Waals surface area contributed by atoms with Gasteiger partial charge in [0.15, 0.2) is 5.78 Å². The monoisotopic (exact) mass is 749 g/mol. The first-order valence-electron chi connectivity index (χ1n) is 19.6. The lowest BCUT2D eigenvalue weighted by molar-refractivity contribution is -0.199. The zero-order chi connectivity index (χ0) is 39.3. The Balaban J connectivity index is 1.14. The van der Waals surface area contributed by atoms with Gasteiger partial charge in [-0.25, -0.2) is 0 Å². The lowest BCUT2D eigenvalue weighted by Gasteiger charge is -2.64. The quantitative estimate of drug-likeness (QED) is 0.0678. The highest BCUT2D eigenvalue weighted by Crippen LogP contribution is 2.65. The summed E-state index contributed by atoms with van der Waals surface area (Å²) in [6, 6.07) is 17.3. The van der Waals surface area contributed by atoms with E-state index in [0.29, 0.717) is 49.3 Å². The van der Waals surface area contributed by atoms with Gasteiger partial charge in [0.25, 0.3) is 5.91 Å². The van der Waals surface area contributed by atoms with E-state index in [9.17, 15) is 14.4 Å². The SMILES string of the molecule is C=CCOc1ccc(CCC(=O)c2ccc(C(=O)N[C@@H](Cc3ccc(OCC=C)cc3)C(=O)N[C@@H](CC(C)C)B3O[C@@H]4C[C@@H]5C[C@@H](C5(C)C)[C@]4(C)O3)[nH]2)cc1. The predicted molar refractivity (Wildman–Crippen MR) is 214 cm³/mol. The van der Waals surface area contributed by atoms with Crippen molar-refractivity contribution in [2.75, 3.05) is 13.2 Å². The summed E-state index contributed by atoms with van der Waals surface area (Å²) in [5.41, 5.74) is 2.13. The molecule has 3 aliphatic carbocycles. The number of benzene rings is 2. The van der Waals surface area contributed by atoms with Crippen LogP contribution in [0.4, 0.5) is 0 Å². The van der Waals surface area contributed by atoms with Crippen LogP contribution >= 0.6 is 0 Å². The van der Waals surface area contributed by atoms with E-state index in [-0.39, 0.29) is 47.7 Å². The maximum atomic E-state index is 14.3. The van der Waals surface area contributed by atoms with Gasteiger partial charge >= 0.3 is 7.12 Å². The molecule has 4 aliphatic rings. The summed E-state index contributed by atoms with van der Waals surface area (Å²) in [6.45, 7) is 19.2. The van der Waals surface area contributed by atoms with Crippen LogP contribution in [-0.2, 0) is 26.9 Å². The number of carbonyl (C=O) groups is 3. The number of ketones is 1. The number of hydrogen-bond donors (Lipinski definition) is 3. The minimum Gasteiger partial charge on any atom is -0.490 e. The third-order valence-electron chi connectivity index (χ3n) is 11.9. The third kappa shape index (κ3) is 9.10. The van der Waals surface area contributed by atoms with Crippen molar-refractivity contribution in [2.45, 2.75) is 96.8 Å². The number of carbonyl (C=O) groups excluding carboxylic acids is 3. The second-order valence-electron chi connectivity index (χ2n) is 16.5. The number of H-pyrrole nitrogens is 1. The molecular weight excluding hydrogens is 693 g/mol. The number of rotatable bonds is 19. The highest BCUT2D eigenvalue weighted by Gasteiger charge is 2.68. The Morgan fingerprint density at radius 1 is 0.891 bits per heavy atom. The van der Waals surface area contributed by atoms with Crippen molar-refractivity contribution in [3.8, 4) is 11.5 Å². The van der Waals surface area contributed by atoms with Crippen LogP contribution in [-0.4, -0.2) is 66.6 Å². The van der Waals surface area contributed by atoms with E-state index in [1.54, 1.807) is 24.3 Å². The minimum atomic E-state index is -0.936. The fourth-order valence-electron chi connectivity index (χ4n) is 8.65. The zero-order valence-electron chi connectivity index (χ0n) is 32.9. The van der Waals surface area contributed by atoms with Gasteiger partial charge in [-0.1, -0.05) is 77.3 Å². The van der Waals surface area contributed by atoms with Crippen LogP contribution in [0, 0.1) is 23.2 Å². The molecule has 2 amide bonds. The van der Waals surface area contributed by atoms with Crippen LogP contribution in [0.3, 0.4) is 0 Å². The van der Waals surface area contributed by atoms with Crippen LogP contribution in [0.25, 0.3) is 0 Å². The number of ether oxygens (including phenoxy) is 2. The molecule has 10 nitrogen and oxygen atoms in total. The second kappa shape index (κ2) is 17.0. The summed E-state index contributed by atoms with van der Waals surface area (Å²) >= 11 is 0. The van der Waals surface area contributed by atoms with Gasteiger partial charge < -0.3 is 34.4 Å². The Hall–Kier alpha value is -4.61. The Kier molecular flexibility index (Phi) is 12.4. The number of Topliss-reactive ketones (excluding diaryl/α,β-unsaturated/α-hetero) is 1. The van der Waals surface area contributed by atoms with E-state index in [0.717, 1.165) is 29.7 Å². The first-order valence-corrected chi connectivity index (χ1v) is 19.6. The van der Waals surface area contributed by atoms with Crippen molar-refractivity contribution in [1.82, 2.24) is 15.6 Å². The van der Waals surface area contributed by atoms with Crippen LogP contribution in [0.1, 0.15) is 92.4 Å². The molecule has 55 heavy (non-hydrogen) atoms. The molecule has 3 N–H and O–H groups in total. The summed E-state index contributed by atoms with van der Waals surface area (Å²) in [6.07, 6.45) is 7.08. The van der Waals surface area contributed by atoms with Gasteiger partial charge in [-0.05, 0) is 103 Å². The molecule has 3 aromatic rings. The molecule has 2 aromatic carbocycles. The van der Waals surface area contributed by atoms with Crippen LogP contribution < -0.4 is 20.1 Å². The topological polar surface area (TPSA) is 128 Å². The first-order chi connectivity index (χ1) is 26.3. The lowest BCUT2D eigenvalue weighted by atomic mass is 9.43. The van der Waals surface area contributed by atoms with Crippen molar-refractivity contribution in [2.24, 2.45) is 23.2 Å². The van der Waals surface area contributed by atoms with Crippen molar-refractivity contribution in [3.63, 3.8) is 0 Å². The number of nitrogens with one attached hydrogen (secondary N) is 3. The Labute approximate surface area is 326 Å². The highest BCUT2D eigenvalue weighted by atomic mass is 16.7. The van der Waals surface area contributed by atoms with Crippen LogP contribution in [0.2, 0.25) is 0 Å². The molecule has 7 rings (SSSR count). The molecule has 292 valence electrons. The van der Waals surface area contributed by atoms with Gasteiger partial charge in [0.2, 0.25) is 5.91 Å². The summed E-state index contributed by atoms with van der Waals surface area (Å²) < 4.78 is 24.6. The molecule has 0 unspecified atom stereocenters. The van der Waals surface area contributed by atoms with E-state index in [1.807, 2.05) is 48.5 Å². The molecule has 11 heteroatoms. The molecule has 0 radical (unpaired) electrons. The van der Waals surface area contributed by atoms with Crippen molar-refractivity contribution >= 4 is 24.7 Å². The molecule has 6 atom stereocenters. The van der Waals surface area contributed by atoms with E-state index in [1.165, 1.54) is 0 Å². The number of aryl methyl sites for hydroxylation is 1. The number of aromatic amines is 1. The maximum Gasteiger partial charge on any atom is 0.481 e. The summed E-state index contributed by atoms with van der Waals surface area (Å²) in [5.74, 6) is 1.28. The van der Waals surface area contributed by atoms with Crippen LogP contribution in [0.5, 0.6) is 11.5 Å². The molecule has 2 bridgehead atoms. The summed E-state index contributed by atoms with van der Waals surface area (Å²) in [5, 5.41) is 6.19. The first kappa shape index (κ1) is 40.1. The lowest BCUT2D eigenvalue weighted by Crippen LogP contribution is -2.65. The summed E-state index contributed by atoms with van der Waals surface area (Å²) in [4.78, 5) is 44.2. The van der Waals surface area contributed by atoms with E-state index >= 15 is 0 Å². The van der Waals surface area contributed by atoms with E-state index in [2.05, 4.69) is 63.4 Å². The highest BCUT2D eigenvalue weighted by molar-refractivity contribution is 6.48. The van der Waals surface area contributed by atoms with Gasteiger partial charge in [0, 0.05) is 12.8 Å². The molecule has 2 heterocycles. The second-order valence-corrected chi connectivity index (χ2v) is 16.5. The van der Waals surface area contributed by atoms with Crippen molar-refractivity contribution in [1.29, 1.82) is 0 Å². The fraction of sp³-hybridized carbons (Fsp3) is 0.477. The van der Waals surface area contributed by atoms with Gasteiger partial charge in [-0.15, -0.1) is 0 Å². The standard InChI is InChI=1S/C44H56BN3O7/c1-8-22-52-32-15-10-29(11-16-32)14-21-37(49)34-19-20-35(46-34)41(50)47-36(25-30-12-17-33(18-13-30)53-23-9-2)42(51)48-40(24-28(3)4)45-54-39-27-31-26-38(43(31,5)6)44(39,7)55-45/h8-13,15-20,28,31,36,38-40,46H,1-2,14,21-27H2,3-7H3,(H,47,50)(H,48,51)/t31-,36-,38-,39+,40-,44-/m0/s1. The average molecular weight is 750 g/mol. The molecular formula is C44H56BN3O7. The zero-order valence-corrected chi connectivity index (χ0v) is 32.9. The largest absolute Gasteiger partial charge is 0.490 e. The summed E-state index contributed by atoms with van der Waals surface area (Å²) in [7, 11) is -0.602. The molecule has 0 spiro atoms. The van der Waals surface area contributed by atoms with Crippen LogP contribution in [0.15, 0.2) is 86.0 Å². The Morgan fingerprint density at radius 3 is 2.11 bits per heavy atom. The van der Waals surface area contributed by atoms with Crippen molar-refractivity contribution in [3.05, 3.63) is 108 Å². The normalized spacial score (nSPS) is 23.2. The van der Waals surface area contributed by atoms with E-state index in [4.69, 9.17) is 18.8 Å². The molecule has 4 fully saturated rings. The maximum absolute atomic E-state index is 14.3. The average Bonchev–Trinajstić information content (AvgIpc) is 3.81. The van der Waals surface area contributed by atoms with Gasteiger partial charge in [-0.2, -0.15) is 0 Å².